The largest absolute Gasteiger partial charge is 0.390 e. The van der Waals surface area contributed by atoms with Crippen molar-refractivity contribution in [2.45, 2.75) is 53.2 Å². The van der Waals surface area contributed by atoms with E-state index in [1.165, 1.54) is 0 Å². The molecule has 0 saturated carbocycles. The molecule has 0 heterocycles. The molecule has 1 atom stereocenters. The third-order valence-corrected chi connectivity index (χ3v) is 2.41. The van der Waals surface area contributed by atoms with Gasteiger partial charge in [-0.1, -0.05) is 20.8 Å². The lowest BCUT2D eigenvalue weighted by Gasteiger charge is -2.28. The Morgan fingerprint density at radius 1 is 1.19 bits per heavy atom. The molecule has 3 heteroatoms. The van der Waals surface area contributed by atoms with Gasteiger partial charge >= 0.3 is 0 Å². The molecule has 0 aliphatic heterocycles. The summed E-state index contributed by atoms with van der Waals surface area (Å²) in [7, 11) is 0. The molecule has 0 aliphatic rings. The first-order valence-electron chi connectivity index (χ1n) is 6.40. The van der Waals surface area contributed by atoms with Gasteiger partial charge in [0.15, 0.2) is 0 Å². The highest BCUT2D eigenvalue weighted by Crippen LogP contribution is 2.02. The second kappa shape index (κ2) is 7.25. The molecule has 0 aliphatic carbocycles. The Hall–Kier alpha value is -0.120. The Morgan fingerprint density at radius 2 is 1.75 bits per heavy atom. The lowest BCUT2D eigenvalue weighted by atomic mass is 10.1. The minimum Gasteiger partial charge on any atom is -0.390 e. The van der Waals surface area contributed by atoms with E-state index in [9.17, 15) is 5.11 Å². The lowest BCUT2D eigenvalue weighted by molar-refractivity contribution is 0.102. The van der Waals surface area contributed by atoms with Crippen molar-refractivity contribution < 1.29 is 5.11 Å². The monoisotopic (exact) mass is 230 g/mol. The van der Waals surface area contributed by atoms with Crippen LogP contribution in [0, 0.1) is 5.92 Å². The van der Waals surface area contributed by atoms with E-state index < -0.39 is 0 Å². The summed E-state index contributed by atoms with van der Waals surface area (Å²) in [6, 6.07) is 0. The predicted molar refractivity (Wildman–Crippen MR) is 70.7 cm³/mol. The third-order valence-electron chi connectivity index (χ3n) is 2.41. The summed E-state index contributed by atoms with van der Waals surface area (Å²) >= 11 is 0. The zero-order valence-corrected chi connectivity index (χ0v) is 11.9. The summed E-state index contributed by atoms with van der Waals surface area (Å²) in [4.78, 5) is 2.31. The van der Waals surface area contributed by atoms with Crippen molar-refractivity contribution in [2.75, 3.05) is 26.2 Å². The number of hydrogen-bond donors (Lipinski definition) is 2. The fourth-order valence-electron chi connectivity index (χ4n) is 1.64. The number of nitrogens with zero attached hydrogens (tertiary/aromatic N) is 1. The number of likely N-dealkylation sites (N-methyl/N-ethyl adjacent to an activating group) is 1. The smallest absolute Gasteiger partial charge is 0.0791 e. The van der Waals surface area contributed by atoms with Crippen LogP contribution in [0.3, 0.4) is 0 Å². The van der Waals surface area contributed by atoms with E-state index in [1.807, 2.05) is 0 Å². The van der Waals surface area contributed by atoms with Gasteiger partial charge in [-0.25, -0.2) is 0 Å². The van der Waals surface area contributed by atoms with Crippen LogP contribution in [0.2, 0.25) is 0 Å². The van der Waals surface area contributed by atoms with Crippen molar-refractivity contribution in [3.05, 3.63) is 0 Å². The first-order chi connectivity index (χ1) is 7.24. The van der Waals surface area contributed by atoms with E-state index in [0.717, 1.165) is 19.6 Å². The maximum Gasteiger partial charge on any atom is 0.0791 e. The lowest BCUT2D eigenvalue weighted by Crippen LogP contribution is -2.45. The van der Waals surface area contributed by atoms with Gasteiger partial charge in [0, 0.05) is 25.2 Å². The number of β-amino-alcohol motifs (C(OH)–C–C–N with tert-alkyl or cyclic N) is 1. The summed E-state index contributed by atoms with van der Waals surface area (Å²) in [5.41, 5.74) is 0.0794. The molecule has 2 N–H and O–H groups in total. The number of hydrogen-bond acceptors (Lipinski definition) is 3. The Labute approximate surface area is 101 Å². The molecule has 16 heavy (non-hydrogen) atoms. The Morgan fingerprint density at radius 3 is 2.12 bits per heavy atom. The van der Waals surface area contributed by atoms with Gasteiger partial charge in [0.1, 0.15) is 0 Å². The average Bonchev–Trinajstić information content (AvgIpc) is 2.12. The molecule has 0 aromatic rings. The van der Waals surface area contributed by atoms with E-state index in [-0.39, 0.29) is 11.6 Å². The molecule has 98 valence electrons. The normalized spacial score (nSPS) is 14.8. The van der Waals surface area contributed by atoms with Crippen molar-refractivity contribution in [3.8, 4) is 0 Å². The van der Waals surface area contributed by atoms with Crippen LogP contribution < -0.4 is 5.32 Å². The van der Waals surface area contributed by atoms with Crippen molar-refractivity contribution >= 4 is 0 Å². The fraction of sp³-hybridized carbons (Fsp3) is 1.00. The Balaban J connectivity index is 3.87. The van der Waals surface area contributed by atoms with Gasteiger partial charge in [0.25, 0.3) is 0 Å². The van der Waals surface area contributed by atoms with E-state index in [0.29, 0.717) is 12.5 Å². The molecule has 1 unspecified atom stereocenters. The van der Waals surface area contributed by atoms with Crippen LogP contribution in [-0.2, 0) is 0 Å². The molecule has 0 bridgehead atoms. The van der Waals surface area contributed by atoms with E-state index in [2.05, 4.69) is 51.8 Å². The van der Waals surface area contributed by atoms with Crippen LogP contribution in [0.5, 0.6) is 0 Å². The van der Waals surface area contributed by atoms with Crippen molar-refractivity contribution in [3.63, 3.8) is 0 Å². The topological polar surface area (TPSA) is 35.5 Å². The van der Waals surface area contributed by atoms with Crippen molar-refractivity contribution in [2.24, 2.45) is 5.92 Å². The first-order valence-corrected chi connectivity index (χ1v) is 6.40. The van der Waals surface area contributed by atoms with E-state index in [4.69, 9.17) is 0 Å². The molecule has 3 nitrogen and oxygen atoms in total. The molecular formula is C13H30N2O. The van der Waals surface area contributed by atoms with Gasteiger partial charge < -0.3 is 15.3 Å². The van der Waals surface area contributed by atoms with E-state index in [1.54, 1.807) is 0 Å². The first kappa shape index (κ1) is 15.9. The summed E-state index contributed by atoms with van der Waals surface area (Å²) in [6.07, 6.45) is -0.280. The maximum atomic E-state index is 9.92. The standard InChI is InChI=1S/C13H30N2O/c1-7-15(9-11(2)3)10-12(16)8-14-13(4,5)6/h11-12,14,16H,7-10H2,1-6H3. The number of aliphatic hydroxyl groups excluding tert-OH is 1. The van der Waals surface area contributed by atoms with Crippen LogP contribution >= 0.6 is 0 Å². The number of rotatable bonds is 7. The SMILES string of the molecule is CCN(CC(C)C)CC(O)CNC(C)(C)C. The molecule has 0 rings (SSSR count). The minimum absolute atomic E-state index is 0.0794. The second-order valence-electron chi connectivity index (χ2n) is 6.03. The Kier molecular flexibility index (Phi) is 7.20. The zero-order valence-electron chi connectivity index (χ0n) is 11.9. The van der Waals surface area contributed by atoms with Crippen LogP contribution in [0.4, 0.5) is 0 Å². The molecule has 0 aromatic heterocycles. The van der Waals surface area contributed by atoms with Crippen LogP contribution in [0.15, 0.2) is 0 Å². The van der Waals surface area contributed by atoms with Gasteiger partial charge in [-0.15, -0.1) is 0 Å². The summed E-state index contributed by atoms with van der Waals surface area (Å²) in [5.74, 6) is 0.655. The third kappa shape index (κ3) is 9.13. The molecule has 0 radical (unpaired) electrons. The molecule has 0 fully saturated rings. The average molecular weight is 230 g/mol. The van der Waals surface area contributed by atoms with E-state index >= 15 is 0 Å². The van der Waals surface area contributed by atoms with Crippen molar-refractivity contribution in [1.82, 2.24) is 10.2 Å². The summed E-state index contributed by atoms with van der Waals surface area (Å²) in [6.45, 7) is 16.4. The van der Waals surface area contributed by atoms with Gasteiger partial charge in [-0.3, -0.25) is 0 Å². The van der Waals surface area contributed by atoms with Gasteiger partial charge in [-0.05, 0) is 33.2 Å². The van der Waals surface area contributed by atoms with Crippen LogP contribution in [0.1, 0.15) is 41.5 Å². The fourth-order valence-corrected chi connectivity index (χ4v) is 1.64. The molecular weight excluding hydrogens is 200 g/mol. The molecule has 0 amide bonds. The predicted octanol–water partition coefficient (Wildman–Crippen LogP) is 1.71. The number of nitrogens with one attached hydrogen (secondary N) is 1. The summed E-state index contributed by atoms with van der Waals surface area (Å²) < 4.78 is 0. The highest BCUT2D eigenvalue weighted by atomic mass is 16.3. The molecule has 0 saturated heterocycles. The van der Waals surface area contributed by atoms with Gasteiger partial charge in [0.05, 0.1) is 6.10 Å². The quantitative estimate of drug-likeness (QED) is 0.699. The van der Waals surface area contributed by atoms with Crippen molar-refractivity contribution in [1.29, 1.82) is 0 Å². The van der Waals surface area contributed by atoms with Crippen LogP contribution in [-0.4, -0.2) is 47.8 Å². The highest BCUT2D eigenvalue weighted by Gasteiger charge is 2.15. The highest BCUT2D eigenvalue weighted by molar-refractivity contribution is 4.74. The molecule has 0 aromatic carbocycles. The zero-order chi connectivity index (χ0) is 12.8. The minimum atomic E-state index is -0.280. The maximum absolute atomic E-state index is 9.92. The van der Waals surface area contributed by atoms with Gasteiger partial charge in [-0.2, -0.15) is 0 Å². The van der Waals surface area contributed by atoms with Gasteiger partial charge in [0.2, 0.25) is 0 Å². The molecule has 0 spiro atoms. The second-order valence-corrected chi connectivity index (χ2v) is 6.03. The number of aliphatic hydroxyl groups is 1. The summed E-state index contributed by atoms with van der Waals surface area (Å²) in [5, 5.41) is 13.3. The Bertz CT molecular complexity index is 175. The van der Waals surface area contributed by atoms with Crippen LogP contribution in [0.25, 0.3) is 0 Å².